The molecule has 1 heterocycles. The summed E-state index contributed by atoms with van der Waals surface area (Å²) in [4.78, 5) is 37.2. The third-order valence-electron chi connectivity index (χ3n) is 3.96. The van der Waals surface area contributed by atoms with Gasteiger partial charge in [-0.05, 0) is 10.8 Å². The van der Waals surface area contributed by atoms with E-state index in [0.717, 1.165) is 16.3 Å². The first-order valence-corrected chi connectivity index (χ1v) is 7.83. The fraction of sp³-hybridized carbons (Fsp3) is 0.222. The molecular weight excluding hydrogens is 320 g/mol. The van der Waals surface area contributed by atoms with Gasteiger partial charge < -0.3 is 0 Å². The van der Waals surface area contributed by atoms with Gasteiger partial charge in [-0.3, -0.25) is 24.6 Å². The predicted molar refractivity (Wildman–Crippen MR) is 93.0 cm³/mol. The smallest absolute Gasteiger partial charge is 0.241 e. The molecule has 0 aliphatic carbocycles. The van der Waals surface area contributed by atoms with Crippen LogP contribution in [0.4, 0.5) is 0 Å². The second kappa shape index (κ2) is 6.35. The minimum absolute atomic E-state index is 0.0492. The number of nitrogens with zero attached hydrogens (tertiary/aromatic N) is 3. The van der Waals surface area contributed by atoms with Crippen LogP contribution in [0.3, 0.4) is 0 Å². The van der Waals surface area contributed by atoms with Crippen LogP contribution in [0, 0.1) is 0 Å². The Balaban J connectivity index is 2.18. The number of hydrogen-bond acceptors (Lipinski definition) is 4. The van der Waals surface area contributed by atoms with E-state index < -0.39 is 6.17 Å². The summed E-state index contributed by atoms with van der Waals surface area (Å²) < 4.78 is 0. The molecule has 0 spiro atoms. The van der Waals surface area contributed by atoms with Crippen LogP contribution in [0.1, 0.15) is 32.5 Å². The molecule has 0 fully saturated rings. The van der Waals surface area contributed by atoms with Crippen LogP contribution in [0.5, 0.6) is 0 Å². The van der Waals surface area contributed by atoms with E-state index in [4.69, 9.17) is 0 Å². The number of fused-ring (bicyclic) bond motifs is 1. The van der Waals surface area contributed by atoms with Crippen molar-refractivity contribution in [1.82, 2.24) is 15.2 Å². The fourth-order valence-electron chi connectivity index (χ4n) is 2.98. The highest BCUT2D eigenvalue weighted by molar-refractivity contribution is 6.06. The summed E-state index contributed by atoms with van der Waals surface area (Å²) in [5, 5.41) is 9.81. The number of guanidine groups is 1. The summed E-state index contributed by atoms with van der Waals surface area (Å²) in [7, 11) is 0. The molecule has 1 aliphatic rings. The third-order valence-corrected chi connectivity index (χ3v) is 3.96. The number of carbonyl (C=O) groups is 3. The molecule has 0 saturated carbocycles. The topological polar surface area (TPSA) is 82.1 Å². The molecule has 1 N–H and O–H groups in total. The zero-order chi connectivity index (χ0) is 18.1. The summed E-state index contributed by atoms with van der Waals surface area (Å²) in [6, 6.07) is 13.4. The van der Waals surface area contributed by atoms with Crippen molar-refractivity contribution in [3.63, 3.8) is 0 Å². The first-order valence-electron chi connectivity index (χ1n) is 7.83. The first kappa shape index (κ1) is 16.6. The number of nitrogens with one attached hydrogen (secondary N) is 1. The highest BCUT2D eigenvalue weighted by atomic mass is 16.2. The molecule has 25 heavy (non-hydrogen) atoms. The molecule has 1 aliphatic heterocycles. The number of amides is 3. The third kappa shape index (κ3) is 2.96. The van der Waals surface area contributed by atoms with Crippen molar-refractivity contribution in [2.45, 2.75) is 26.9 Å². The van der Waals surface area contributed by atoms with Gasteiger partial charge in [0.15, 0.2) is 6.17 Å². The largest absolute Gasteiger partial charge is 0.295 e. The van der Waals surface area contributed by atoms with Crippen molar-refractivity contribution in [1.29, 1.82) is 0 Å². The van der Waals surface area contributed by atoms with Crippen molar-refractivity contribution in [2.75, 3.05) is 0 Å². The van der Waals surface area contributed by atoms with Crippen molar-refractivity contribution in [3.8, 4) is 0 Å². The maximum Gasteiger partial charge on any atom is 0.241 e. The van der Waals surface area contributed by atoms with Crippen LogP contribution in [0.25, 0.3) is 10.8 Å². The van der Waals surface area contributed by atoms with Crippen molar-refractivity contribution in [2.24, 2.45) is 5.10 Å². The fourth-order valence-corrected chi connectivity index (χ4v) is 2.98. The summed E-state index contributed by atoms with van der Waals surface area (Å²) in [5.41, 5.74) is 0.757. The summed E-state index contributed by atoms with van der Waals surface area (Å²) in [6.07, 6.45) is -0.747. The number of hydrogen-bond donors (Lipinski definition) is 1. The van der Waals surface area contributed by atoms with E-state index in [9.17, 15) is 14.4 Å². The normalized spacial score (nSPS) is 16.8. The second-order valence-corrected chi connectivity index (χ2v) is 5.80. The van der Waals surface area contributed by atoms with Crippen LogP contribution < -0.4 is 5.32 Å². The number of carbonyl (C=O) groups excluding carboxylic acids is 3. The van der Waals surface area contributed by atoms with Gasteiger partial charge in [0, 0.05) is 26.3 Å². The van der Waals surface area contributed by atoms with Gasteiger partial charge in [-0.1, -0.05) is 42.5 Å². The lowest BCUT2D eigenvalue weighted by Crippen LogP contribution is -2.45. The van der Waals surface area contributed by atoms with Gasteiger partial charge in [0.05, 0.1) is 0 Å². The molecule has 3 amide bonds. The van der Waals surface area contributed by atoms with Crippen LogP contribution in [0.2, 0.25) is 0 Å². The highest BCUT2D eigenvalue weighted by Crippen LogP contribution is 2.35. The number of rotatable bonds is 1. The first-order chi connectivity index (χ1) is 11.9. The van der Waals surface area contributed by atoms with E-state index in [0.29, 0.717) is 0 Å². The van der Waals surface area contributed by atoms with Gasteiger partial charge >= 0.3 is 0 Å². The maximum atomic E-state index is 12.3. The zero-order valence-corrected chi connectivity index (χ0v) is 14.2. The van der Waals surface area contributed by atoms with Gasteiger partial charge in [0.2, 0.25) is 23.7 Å². The Morgan fingerprint density at radius 1 is 0.960 bits per heavy atom. The molecule has 128 valence electrons. The van der Waals surface area contributed by atoms with Crippen LogP contribution in [-0.4, -0.2) is 33.6 Å². The van der Waals surface area contributed by atoms with Crippen LogP contribution in [0.15, 0.2) is 47.6 Å². The SMILES string of the molecule is CC(=O)NC1=NN(C(C)=O)[C@@H](c2cccc3ccccc23)N1C(C)=O. The quantitative estimate of drug-likeness (QED) is 0.863. The molecule has 0 unspecified atom stereocenters. The van der Waals surface area contributed by atoms with Gasteiger partial charge in [-0.15, -0.1) is 5.10 Å². The predicted octanol–water partition coefficient (Wildman–Crippen LogP) is 1.96. The number of hydrazone groups is 1. The molecule has 7 heteroatoms. The lowest BCUT2D eigenvalue weighted by Gasteiger charge is -2.29. The summed E-state index contributed by atoms with van der Waals surface area (Å²) >= 11 is 0. The average molecular weight is 338 g/mol. The Labute approximate surface area is 144 Å². The second-order valence-electron chi connectivity index (χ2n) is 5.80. The molecule has 3 rings (SSSR count). The lowest BCUT2D eigenvalue weighted by atomic mass is 10.0. The molecule has 0 radical (unpaired) electrons. The Bertz CT molecular complexity index is 901. The highest BCUT2D eigenvalue weighted by Gasteiger charge is 2.41. The number of benzene rings is 2. The maximum absolute atomic E-state index is 12.3. The molecule has 2 aromatic rings. The van der Waals surface area contributed by atoms with E-state index in [1.165, 1.54) is 30.7 Å². The molecule has 7 nitrogen and oxygen atoms in total. The monoisotopic (exact) mass is 338 g/mol. The molecule has 0 saturated heterocycles. The standard InChI is InChI=1S/C18H18N4O3/c1-11(23)19-18-20-22(13(3)25)17(21(18)12(2)24)16-10-6-8-14-7-4-5-9-15(14)16/h4-10,17H,1-3H3,(H,19,20,23)/t17-/m0/s1. The van der Waals surface area contributed by atoms with Gasteiger partial charge in [-0.2, -0.15) is 0 Å². The van der Waals surface area contributed by atoms with E-state index in [-0.39, 0.29) is 23.7 Å². The van der Waals surface area contributed by atoms with Crippen molar-refractivity contribution in [3.05, 3.63) is 48.0 Å². The zero-order valence-electron chi connectivity index (χ0n) is 14.2. The molecule has 0 bridgehead atoms. The van der Waals surface area contributed by atoms with E-state index >= 15 is 0 Å². The minimum atomic E-state index is -0.747. The van der Waals surface area contributed by atoms with Crippen LogP contribution in [-0.2, 0) is 14.4 Å². The molecule has 2 aromatic carbocycles. The van der Waals surface area contributed by atoms with Gasteiger partial charge in [0.25, 0.3) is 0 Å². The van der Waals surface area contributed by atoms with Gasteiger partial charge in [0.1, 0.15) is 0 Å². The van der Waals surface area contributed by atoms with Crippen molar-refractivity contribution < 1.29 is 14.4 Å². The average Bonchev–Trinajstić information content (AvgIpc) is 2.93. The summed E-state index contributed by atoms with van der Waals surface area (Å²) in [6.45, 7) is 4.07. The Morgan fingerprint density at radius 2 is 1.64 bits per heavy atom. The lowest BCUT2D eigenvalue weighted by molar-refractivity contribution is -0.136. The van der Waals surface area contributed by atoms with Crippen molar-refractivity contribution >= 4 is 34.5 Å². The Hall–Kier alpha value is -3.22. The molecule has 0 aromatic heterocycles. The molecule has 1 atom stereocenters. The van der Waals surface area contributed by atoms with E-state index in [1.807, 2.05) is 42.5 Å². The van der Waals surface area contributed by atoms with Crippen LogP contribution >= 0.6 is 0 Å². The van der Waals surface area contributed by atoms with E-state index in [1.54, 1.807) is 0 Å². The Morgan fingerprint density at radius 3 is 2.28 bits per heavy atom. The van der Waals surface area contributed by atoms with E-state index in [2.05, 4.69) is 10.4 Å². The van der Waals surface area contributed by atoms with Gasteiger partial charge in [-0.25, -0.2) is 5.01 Å². The molecular formula is C18H18N4O3. The Kier molecular flexibility index (Phi) is 4.22. The summed E-state index contributed by atoms with van der Waals surface area (Å²) in [5.74, 6) is -0.973. The minimum Gasteiger partial charge on any atom is -0.295 e.